The minimum Gasteiger partial charge on any atom is -0.358 e. The third kappa shape index (κ3) is 17.2. The number of hydrogen-bond acceptors (Lipinski definition) is 2. The number of allylic oxidation sites excluding steroid dienone is 7. The van der Waals surface area contributed by atoms with Crippen LogP contribution in [0, 0.1) is 5.92 Å². The summed E-state index contributed by atoms with van der Waals surface area (Å²) in [5.74, 6) is 0.329. The second-order valence-electron chi connectivity index (χ2n) is 6.69. The number of hydrogen-bond donors (Lipinski definition) is 0. The summed E-state index contributed by atoms with van der Waals surface area (Å²) < 4.78 is 11.4. The largest absolute Gasteiger partial charge is 0.358 e. The molecule has 0 aromatic heterocycles. The van der Waals surface area contributed by atoms with Gasteiger partial charge in [-0.1, -0.05) is 125 Å². The first-order valence-electron chi connectivity index (χ1n) is 10.2. The molecule has 0 N–H and O–H groups in total. The Morgan fingerprint density at radius 2 is 1.50 bits per heavy atom. The summed E-state index contributed by atoms with van der Waals surface area (Å²) in [7, 11) is 7.30. The average molecular weight is 460 g/mol. The Hall–Kier alpha value is 0.340. The van der Waals surface area contributed by atoms with E-state index in [1.54, 1.807) is 0 Å². The summed E-state index contributed by atoms with van der Waals surface area (Å²) in [5.41, 5.74) is 0. The third-order valence-electron chi connectivity index (χ3n) is 4.14. The van der Waals surface area contributed by atoms with Crippen LogP contribution in [0.5, 0.6) is 0 Å². The molecular formula is C22H40O2P4. The second-order valence-corrected chi connectivity index (χ2v) is 12.7. The highest BCUT2D eigenvalue weighted by atomic mass is 32.4. The molecule has 0 saturated heterocycles. The molecule has 0 saturated carbocycles. The Bertz CT molecular complexity index is 499. The molecule has 0 aromatic carbocycles. The van der Waals surface area contributed by atoms with E-state index in [9.17, 15) is 0 Å². The summed E-state index contributed by atoms with van der Waals surface area (Å²) in [5, 5.41) is 0. The monoisotopic (exact) mass is 460 g/mol. The molecular weight excluding hydrogens is 420 g/mol. The molecule has 2 nitrogen and oxygen atoms in total. The van der Waals surface area contributed by atoms with Crippen molar-refractivity contribution in [2.45, 2.75) is 71.5 Å². The highest BCUT2D eigenvalue weighted by Crippen LogP contribution is 2.55. The molecule has 6 atom stereocenters. The van der Waals surface area contributed by atoms with Gasteiger partial charge in [-0.05, 0) is 12.8 Å². The molecule has 0 aliphatic heterocycles. The molecule has 160 valence electrons. The highest BCUT2D eigenvalue weighted by molar-refractivity contribution is 8.41. The molecule has 6 unspecified atom stereocenters. The molecule has 0 fully saturated rings. The molecule has 0 spiro atoms. The van der Waals surface area contributed by atoms with Gasteiger partial charge in [-0.15, -0.1) is 0 Å². The Labute approximate surface area is 182 Å². The first-order valence-corrected chi connectivity index (χ1v) is 15.2. The van der Waals surface area contributed by atoms with Crippen LogP contribution < -0.4 is 0 Å². The standard InChI is InChI=1S/C22H40O2P4/c1-4-6-8-14-17-21(23-25)18-15-12-10-9-11-13-16-20(3)22(19-7-5-2)24-28(26)27/h7,9-13,15-16,18-22H,4-6,8,14,17,25-27H2,1-3H3/b11-9+,12-10-,16-13+,18-15+,19-7-. The molecule has 0 radical (unpaired) electrons. The van der Waals surface area contributed by atoms with E-state index in [-0.39, 0.29) is 12.2 Å². The minimum atomic E-state index is -0.531. The van der Waals surface area contributed by atoms with Gasteiger partial charge in [0.25, 0.3) is 0 Å². The van der Waals surface area contributed by atoms with E-state index in [1.807, 2.05) is 18.2 Å². The van der Waals surface area contributed by atoms with Gasteiger partial charge in [-0.25, -0.2) is 0 Å². The van der Waals surface area contributed by atoms with Crippen molar-refractivity contribution in [3.63, 3.8) is 0 Å². The van der Waals surface area contributed by atoms with Gasteiger partial charge in [0.1, 0.15) is 0 Å². The van der Waals surface area contributed by atoms with Crippen LogP contribution in [-0.2, 0) is 9.05 Å². The van der Waals surface area contributed by atoms with Gasteiger partial charge in [-0.2, -0.15) is 0 Å². The van der Waals surface area contributed by atoms with Crippen LogP contribution in [0.1, 0.15) is 59.3 Å². The zero-order chi connectivity index (χ0) is 21.0. The van der Waals surface area contributed by atoms with Gasteiger partial charge in [-0.3, -0.25) is 0 Å². The smallest absolute Gasteiger partial charge is 0.0867 e. The van der Waals surface area contributed by atoms with E-state index in [0.717, 1.165) is 12.8 Å². The summed E-state index contributed by atoms with van der Waals surface area (Å²) in [6, 6.07) is 0. The third-order valence-corrected chi connectivity index (χ3v) is 5.70. The van der Waals surface area contributed by atoms with E-state index in [1.165, 1.54) is 25.7 Å². The lowest BCUT2D eigenvalue weighted by atomic mass is 10.0. The van der Waals surface area contributed by atoms with E-state index >= 15 is 0 Å². The van der Waals surface area contributed by atoms with E-state index in [4.69, 9.17) is 9.05 Å². The summed E-state index contributed by atoms with van der Waals surface area (Å²) in [6.45, 7) is 6.56. The summed E-state index contributed by atoms with van der Waals surface area (Å²) in [4.78, 5) is 0. The van der Waals surface area contributed by atoms with Crippen LogP contribution in [0.4, 0.5) is 0 Å². The van der Waals surface area contributed by atoms with E-state index in [0.29, 0.717) is 5.92 Å². The molecule has 0 amide bonds. The van der Waals surface area contributed by atoms with Gasteiger partial charge < -0.3 is 9.05 Å². The molecule has 28 heavy (non-hydrogen) atoms. The first-order chi connectivity index (χ1) is 13.5. The maximum Gasteiger partial charge on any atom is 0.0867 e. The molecule has 0 heterocycles. The fourth-order valence-electron chi connectivity index (χ4n) is 2.49. The van der Waals surface area contributed by atoms with Gasteiger partial charge in [0.2, 0.25) is 0 Å². The predicted octanol–water partition coefficient (Wildman–Crippen LogP) is 8.32. The fourth-order valence-corrected chi connectivity index (χ4v) is 4.11. The van der Waals surface area contributed by atoms with Crippen molar-refractivity contribution in [1.82, 2.24) is 0 Å². The SMILES string of the molecule is CC/C=C\C(OP(P)P)C(C)/C=C/C=C/C=C\C=C\C(CCCCCC)OP. The lowest BCUT2D eigenvalue weighted by molar-refractivity contribution is 0.245. The molecule has 0 aliphatic carbocycles. The van der Waals surface area contributed by atoms with Crippen LogP contribution in [0.15, 0.2) is 60.8 Å². The topological polar surface area (TPSA) is 18.5 Å². The molecule has 6 heteroatoms. The zero-order valence-electron chi connectivity index (χ0n) is 17.7. The fraction of sp³-hybridized carbons (Fsp3) is 0.545. The minimum absolute atomic E-state index is 0.116. The van der Waals surface area contributed by atoms with Crippen LogP contribution >= 0.6 is 34.8 Å². The van der Waals surface area contributed by atoms with Crippen LogP contribution in [0.2, 0.25) is 0 Å². The molecule has 0 aliphatic rings. The Morgan fingerprint density at radius 1 is 0.857 bits per heavy atom. The van der Waals surface area contributed by atoms with Crippen molar-refractivity contribution in [1.29, 1.82) is 0 Å². The van der Waals surface area contributed by atoms with Gasteiger partial charge >= 0.3 is 0 Å². The van der Waals surface area contributed by atoms with Crippen molar-refractivity contribution >= 4 is 34.8 Å². The maximum atomic E-state index is 5.99. The highest BCUT2D eigenvalue weighted by Gasteiger charge is 2.13. The van der Waals surface area contributed by atoms with Crippen LogP contribution in [0.25, 0.3) is 0 Å². The Morgan fingerprint density at radius 3 is 2.07 bits per heavy atom. The second kappa shape index (κ2) is 20.6. The molecule has 0 aromatic rings. The average Bonchev–Trinajstić information content (AvgIpc) is 2.68. The van der Waals surface area contributed by atoms with Crippen molar-refractivity contribution < 1.29 is 9.05 Å². The Balaban J connectivity index is 4.35. The van der Waals surface area contributed by atoms with E-state index in [2.05, 4.69) is 90.6 Å². The summed E-state index contributed by atoms with van der Waals surface area (Å²) >= 11 is 0. The lowest BCUT2D eigenvalue weighted by Gasteiger charge is -2.20. The van der Waals surface area contributed by atoms with E-state index < -0.39 is 7.53 Å². The summed E-state index contributed by atoms with van der Waals surface area (Å²) in [6.07, 6.45) is 28.5. The van der Waals surface area contributed by atoms with Crippen LogP contribution in [-0.4, -0.2) is 12.2 Å². The lowest BCUT2D eigenvalue weighted by Crippen LogP contribution is -2.14. The van der Waals surface area contributed by atoms with Crippen LogP contribution in [0.3, 0.4) is 0 Å². The van der Waals surface area contributed by atoms with Crippen molar-refractivity contribution in [3.05, 3.63) is 60.8 Å². The van der Waals surface area contributed by atoms with Crippen molar-refractivity contribution in [2.24, 2.45) is 5.92 Å². The Kier molecular flexibility index (Phi) is 20.9. The van der Waals surface area contributed by atoms with Crippen molar-refractivity contribution in [2.75, 3.05) is 0 Å². The molecule has 0 bridgehead atoms. The predicted molar refractivity (Wildman–Crippen MR) is 140 cm³/mol. The maximum absolute atomic E-state index is 5.99. The van der Waals surface area contributed by atoms with Crippen molar-refractivity contribution in [3.8, 4) is 0 Å². The number of unbranched alkanes of at least 4 members (excludes halogenated alkanes) is 3. The van der Waals surface area contributed by atoms with Gasteiger partial charge in [0.05, 0.1) is 19.7 Å². The quantitative estimate of drug-likeness (QED) is 0.0998. The normalized spacial score (nSPS) is 16.5. The van der Waals surface area contributed by atoms with Gasteiger partial charge in [0, 0.05) is 15.4 Å². The molecule has 0 rings (SSSR count). The zero-order valence-corrected chi connectivity index (χ0v) is 22.1. The number of rotatable bonds is 16. The first kappa shape index (κ1) is 28.3. The van der Waals surface area contributed by atoms with Gasteiger partial charge in [0.15, 0.2) is 0 Å².